The van der Waals surface area contributed by atoms with Gasteiger partial charge in [0.25, 0.3) is 0 Å². The molecular weight excluding hydrogens is 330 g/mol. The van der Waals surface area contributed by atoms with E-state index in [0.717, 1.165) is 16.0 Å². The van der Waals surface area contributed by atoms with E-state index in [1.54, 1.807) is 6.07 Å². The molecule has 2 aromatic rings. The van der Waals surface area contributed by atoms with Crippen molar-refractivity contribution in [1.82, 2.24) is 9.97 Å². The third-order valence-corrected chi connectivity index (χ3v) is 3.21. The Hall–Kier alpha value is -1.33. The summed E-state index contributed by atoms with van der Waals surface area (Å²) in [7, 11) is 1.82. The zero-order chi connectivity index (χ0) is 13.8. The van der Waals surface area contributed by atoms with Gasteiger partial charge in [-0.3, -0.25) is 0 Å². The van der Waals surface area contributed by atoms with E-state index in [-0.39, 0.29) is 6.61 Å². The van der Waals surface area contributed by atoms with Gasteiger partial charge in [-0.15, -0.1) is 0 Å². The molecule has 0 unspecified atom stereocenters. The fourth-order valence-corrected chi connectivity index (χ4v) is 2.06. The maximum atomic E-state index is 6.05. The van der Waals surface area contributed by atoms with Crippen LogP contribution in [0.2, 0.25) is 5.02 Å². The van der Waals surface area contributed by atoms with Gasteiger partial charge in [-0.25, -0.2) is 9.97 Å². The highest BCUT2D eigenvalue weighted by Gasteiger charge is 2.06. The van der Waals surface area contributed by atoms with Crippen LogP contribution in [0.25, 0.3) is 0 Å². The topological polar surface area (TPSA) is 47.0 Å². The first-order chi connectivity index (χ1) is 9.08. The van der Waals surface area contributed by atoms with Gasteiger partial charge in [0.05, 0.1) is 5.02 Å². The van der Waals surface area contributed by atoms with Crippen LogP contribution < -0.4 is 10.1 Å². The van der Waals surface area contributed by atoms with Gasteiger partial charge in [0, 0.05) is 23.3 Å². The first kappa shape index (κ1) is 14.1. The Morgan fingerprint density at radius 1 is 1.32 bits per heavy atom. The monoisotopic (exact) mass is 341 g/mol. The summed E-state index contributed by atoms with van der Waals surface area (Å²) in [5.74, 6) is 1.99. The predicted octanol–water partition coefficient (Wildman–Crippen LogP) is 3.82. The van der Waals surface area contributed by atoms with Crippen molar-refractivity contribution >= 4 is 33.3 Å². The number of nitrogens with zero attached hydrogens (tertiary/aromatic N) is 2. The minimum Gasteiger partial charge on any atom is -0.484 e. The molecule has 1 heterocycles. The number of hydrogen-bond donors (Lipinski definition) is 1. The standard InChI is InChI=1S/C13H13BrClN3O/c1-8-5-12(16-2)18-13(17-8)7-19-11-6-9(14)3-4-10(11)15/h3-6H,7H2,1-2H3,(H,16,17,18). The molecule has 0 aliphatic carbocycles. The predicted molar refractivity (Wildman–Crippen MR) is 79.8 cm³/mol. The fourth-order valence-electron chi connectivity index (χ4n) is 1.55. The summed E-state index contributed by atoms with van der Waals surface area (Å²) in [5, 5.41) is 3.55. The van der Waals surface area contributed by atoms with Crippen molar-refractivity contribution < 1.29 is 4.74 Å². The van der Waals surface area contributed by atoms with Crippen LogP contribution in [0.5, 0.6) is 5.75 Å². The maximum Gasteiger partial charge on any atom is 0.168 e. The van der Waals surface area contributed by atoms with Crippen LogP contribution in [0.3, 0.4) is 0 Å². The van der Waals surface area contributed by atoms with Crippen LogP contribution >= 0.6 is 27.5 Å². The SMILES string of the molecule is CNc1cc(C)nc(COc2cc(Br)ccc2Cl)n1. The van der Waals surface area contributed by atoms with Gasteiger partial charge in [-0.1, -0.05) is 27.5 Å². The average molecular weight is 343 g/mol. The lowest BCUT2D eigenvalue weighted by molar-refractivity contribution is 0.295. The number of benzene rings is 1. The molecule has 0 aliphatic rings. The van der Waals surface area contributed by atoms with Gasteiger partial charge >= 0.3 is 0 Å². The summed E-state index contributed by atoms with van der Waals surface area (Å²) < 4.78 is 6.55. The van der Waals surface area contributed by atoms with Crippen molar-refractivity contribution in [3.05, 3.63) is 45.3 Å². The van der Waals surface area contributed by atoms with Crippen molar-refractivity contribution in [3.8, 4) is 5.75 Å². The van der Waals surface area contributed by atoms with Gasteiger partial charge in [0.15, 0.2) is 5.82 Å². The molecule has 0 amide bonds. The van der Waals surface area contributed by atoms with E-state index in [9.17, 15) is 0 Å². The average Bonchev–Trinajstić information content (AvgIpc) is 2.39. The van der Waals surface area contributed by atoms with Crippen molar-refractivity contribution in [2.45, 2.75) is 13.5 Å². The van der Waals surface area contributed by atoms with Crippen LogP contribution in [0.15, 0.2) is 28.7 Å². The Morgan fingerprint density at radius 3 is 2.84 bits per heavy atom. The molecule has 0 saturated heterocycles. The summed E-state index contributed by atoms with van der Waals surface area (Å²) >= 11 is 9.43. The molecule has 0 bridgehead atoms. The van der Waals surface area contributed by atoms with Gasteiger partial charge in [0.2, 0.25) is 0 Å². The molecule has 19 heavy (non-hydrogen) atoms. The molecule has 100 valence electrons. The van der Waals surface area contributed by atoms with Crippen LogP contribution in [-0.2, 0) is 6.61 Å². The molecule has 6 heteroatoms. The summed E-state index contributed by atoms with van der Waals surface area (Å²) in [4.78, 5) is 8.64. The zero-order valence-corrected chi connectivity index (χ0v) is 12.9. The molecule has 0 saturated carbocycles. The lowest BCUT2D eigenvalue weighted by Crippen LogP contribution is -2.05. The molecule has 0 spiro atoms. The molecule has 2 rings (SSSR count). The van der Waals surface area contributed by atoms with E-state index in [0.29, 0.717) is 16.6 Å². The van der Waals surface area contributed by atoms with Crippen molar-refractivity contribution in [2.24, 2.45) is 0 Å². The first-order valence-corrected chi connectivity index (χ1v) is 6.86. The fraction of sp³-hybridized carbons (Fsp3) is 0.231. The van der Waals surface area contributed by atoms with E-state index in [2.05, 4.69) is 31.2 Å². The normalized spacial score (nSPS) is 10.3. The molecule has 4 nitrogen and oxygen atoms in total. The second-order valence-corrected chi connectivity index (χ2v) is 5.25. The van der Waals surface area contributed by atoms with E-state index < -0.39 is 0 Å². The quantitative estimate of drug-likeness (QED) is 0.917. The van der Waals surface area contributed by atoms with Gasteiger partial charge in [-0.2, -0.15) is 0 Å². The summed E-state index contributed by atoms with van der Waals surface area (Å²) in [6.45, 7) is 2.19. The van der Waals surface area contributed by atoms with Gasteiger partial charge < -0.3 is 10.1 Å². The summed E-state index contributed by atoms with van der Waals surface area (Å²) in [6, 6.07) is 7.32. The minimum absolute atomic E-state index is 0.270. The highest BCUT2D eigenvalue weighted by atomic mass is 79.9. The molecule has 1 aromatic heterocycles. The molecule has 1 N–H and O–H groups in total. The molecule has 0 aliphatic heterocycles. The number of hydrogen-bond acceptors (Lipinski definition) is 4. The number of nitrogens with one attached hydrogen (secondary N) is 1. The van der Waals surface area contributed by atoms with Crippen LogP contribution in [0.4, 0.5) is 5.82 Å². The minimum atomic E-state index is 0.270. The number of halogens is 2. The third kappa shape index (κ3) is 3.81. The van der Waals surface area contributed by atoms with Crippen LogP contribution in [-0.4, -0.2) is 17.0 Å². The van der Waals surface area contributed by atoms with Crippen molar-refractivity contribution in [1.29, 1.82) is 0 Å². The molecule has 0 atom stereocenters. The Kier molecular flexibility index (Phi) is 4.61. The maximum absolute atomic E-state index is 6.05. The Morgan fingerprint density at radius 2 is 2.11 bits per heavy atom. The zero-order valence-electron chi connectivity index (χ0n) is 10.6. The second kappa shape index (κ2) is 6.21. The second-order valence-electron chi connectivity index (χ2n) is 3.92. The Balaban J connectivity index is 2.14. The summed E-state index contributed by atoms with van der Waals surface area (Å²) in [5.41, 5.74) is 0.887. The highest BCUT2D eigenvalue weighted by molar-refractivity contribution is 9.10. The number of aryl methyl sites for hydroxylation is 1. The van der Waals surface area contributed by atoms with E-state index in [1.165, 1.54) is 0 Å². The van der Waals surface area contributed by atoms with Crippen molar-refractivity contribution in [3.63, 3.8) is 0 Å². The summed E-state index contributed by atoms with van der Waals surface area (Å²) in [6.07, 6.45) is 0. The van der Waals surface area contributed by atoms with Crippen LogP contribution in [0.1, 0.15) is 11.5 Å². The number of aromatic nitrogens is 2. The molecular formula is C13H13BrClN3O. The smallest absolute Gasteiger partial charge is 0.168 e. The number of anilines is 1. The molecule has 0 fully saturated rings. The molecule has 0 radical (unpaired) electrons. The van der Waals surface area contributed by atoms with Crippen LogP contribution in [0, 0.1) is 6.92 Å². The van der Waals surface area contributed by atoms with E-state index in [1.807, 2.05) is 32.2 Å². The third-order valence-electron chi connectivity index (χ3n) is 2.41. The number of ether oxygens (including phenoxy) is 1. The Labute approximate surface area is 125 Å². The first-order valence-electron chi connectivity index (χ1n) is 5.68. The van der Waals surface area contributed by atoms with Gasteiger partial charge in [-0.05, 0) is 25.1 Å². The number of rotatable bonds is 4. The Bertz CT molecular complexity index is 592. The van der Waals surface area contributed by atoms with E-state index >= 15 is 0 Å². The lowest BCUT2D eigenvalue weighted by Gasteiger charge is -2.09. The highest BCUT2D eigenvalue weighted by Crippen LogP contribution is 2.28. The molecule has 1 aromatic carbocycles. The van der Waals surface area contributed by atoms with Gasteiger partial charge in [0.1, 0.15) is 18.2 Å². The lowest BCUT2D eigenvalue weighted by atomic mass is 10.3. The van der Waals surface area contributed by atoms with E-state index in [4.69, 9.17) is 16.3 Å². The largest absolute Gasteiger partial charge is 0.484 e. The van der Waals surface area contributed by atoms with Crippen molar-refractivity contribution in [2.75, 3.05) is 12.4 Å².